The first-order valence-corrected chi connectivity index (χ1v) is 9.83. The summed E-state index contributed by atoms with van der Waals surface area (Å²) in [5.74, 6) is -1.26. The van der Waals surface area contributed by atoms with E-state index < -0.39 is 16.0 Å². The lowest BCUT2D eigenvalue weighted by Crippen LogP contribution is -2.41. The molecule has 9 heteroatoms. The molecule has 1 N–H and O–H groups in total. The highest BCUT2D eigenvalue weighted by atomic mass is 32.2. The molecule has 1 aliphatic rings. The summed E-state index contributed by atoms with van der Waals surface area (Å²) < 4.78 is 32.3. The molecule has 1 heterocycles. The summed E-state index contributed by atoms with van der Waals surface area (Å²) in [5.41, 5.74) is 0.835. The number of hydrogen-bond acceptors (Lipinski definition) is 5. The van der Waals surface area contributed by atoms with E-state index in [0.29, 0.717) is 25.2 Å². The van der Waals surface area contributed by atoms with Gasteiger partial charge in [-0.15, -0.1) is 0 Å². The third-order valence-corrected chi connectivity index (χ3v) is 6.29. The zero-order chi connectivity index (χ0) is 19.3. The molecular weight excluding hydrogens is 360 g/mol. The number of ether oxygens (including phenoxy) is 1. The molecule has 1 aromatic rings. The second kappa shape index (κ2) is 8.61. The van der Waals surface area contributed by atoms with Crippen LogP contribution in [0.25, 0.3) is 0 Å². The molecule has 1 fully saturated rings. The lowest BCUT2D eigenvalue weighted by atomic mass is 10.1. The van der Waals surface area contributed by atoms with E-state index in [0.717, 1.165) is 0 Å². The minimum atomic E-state index is -3.70. The van der Waals surface area contributed by atoms with Gasteiger partial charge in [-0.2, -0.15) is 4.31 Å². The van der Waals surface area contributed by atoms with Crippen molar-refractivity contribution in [3.05, 3.63) is 29.3 Å². The fourth-order valence-corrected chi connectivity index (χ4v) is 4.39. The van der Waals surface area contributed by atoms with Crippen molar-refractivity contribution in [2.24, 2.45) is 0 Å². The van der Waals surface area contributed by atoms with Crippen molar-refractivity contribution in [3.8, 4) is 0 Å². The maximum atomic E-state index is 12.9. The Kier molecular flexibility index (Phi) is 6.74. The highest BCUT2D eigenvalue weighted by Crippen LogP contribution is 2.23. The van der Waals surface area contributed by atoms with Crippen LogP contribution in [0.4, 0.5) is 0 Å². The molecule has 0 aromatic heterocycles. The maximum Gasteiger partial charge on any atom is 0.303 e. The number of aryl methyl sites for hydroxylation is 1. The molecule has 2 rings (SSSR count). The standard InChI is InChI=1S/C17H24N2O6S/c1-13-5-6-14(17(22)18(2)7-3-4-16(20)21)12-15(13)26(23,24)19-8-10-25-11-9-19/h5-6,12H,3-4,7-11H2,1-2H3,(H,20,21). The van der Waals surface area contributed by atoms with Crippen molar-refractivity contribution < 1.29 is 27.9 Å². The van der Waals surface area contributed by atoms with Crippen LogP contribution in [-0.2, 0) is 19.6 Å². The van der Waals surface area contributed by atoms with E-state index in [-0.39, 0.29) is 42.4 Å². The summed E-state index contributed by atoms with van der Waals surface area (Å²) >= 11 is 0. The Hall–Kier alpha value is -1.97. The molecule has 1 aliphatic heterocycles. The summed E-state index contributed by atoms with van der Waals surface area (Å²) in [4.78, 5) is 24.6. The van der Waals surface area contributed by atoms with E-state index in [9.17, 15) is 18.0 Å². The molecule has 0 radical (unpaired) electrons. The summed E-state index contributed by atoms with van der Waals surface area (Å²) in [6.07, 6.45) is 0.310. The van der Waals surface area contributed by atoms with Gasteiger partial charge in [0.25, 0.3) is 5.91 Å². The summed E-state index contributed by atoms with van der Waals surface area (Å²) in [7, 11) is -2.13. The Morgan fingerprint density at radius 1 is 1.27 bits per heavy atom. The number of carbonyl (C=O) groups excluding carboxylic acids is 1. The molecule has 0 unspecified atom stereocenters. The molecule has 1 amide bonds. The minimum absolute atomic E-state index is 0.0256. The van der Waals surface area contributed by atoms with Gasteiger partial charge in [0, 0.05) is 38.7 Å². The monoisotopic (exact) mass is 384 g/mol. The minimum Gasteiger partial charge on any atom is -0.481 e. The molecule has 1 saturated heterocycles. The summed E-state index contributed by atoms with van der Waals surface area (Å²) in [6, 6.07) is 4.60. The number of benzene rings is 1. The predicted octanol–water partition coefficient (Wildman–Crippen LogP) is 0.953. The van der Waals surface area contributed by atoms with E-state index in [1.165, 1.54) is 15.3 Å². The highest BCUT2D eigenvalue weighted by Gasteiger charge is 2.28. The average Bonchev–Trinajstić information content (AvgIpc) is 2.61. The zero-order valence-corrected chi connectivity index (χ0v) is 15.8. The van der Waals surface area contributed by atoms with Crippen LogP contribution < -0.4 is 0 Å². The molecule has 0 spiro atoms. The Balaban J connectivity index is 2.20. The fourth-order valence-electron chi connectivity index (χ4n) is 2.73. The Morgan fingerprint density at radius 3 is 2.54 bits per heavy atom. The lowest BCUT2D eigenvalue weighted by molar-refractivity contribution is -0.137. The molecule has 0 bridgehead atoms. The number of sulfonamides is 1. The van der Waals surface area contributed by atoms with Gasteiger partial charge in [-0.1, -0.05) is 6.07 Å². The first kappa shape index (κ1) is 20.3. The van der Waals surface area contributed by atoms with Crippen LogP contribution >= 0.6 is 0 Å². The van der Waals surface area contributed by atoms with E-state index in [4.69, 9.17) is 9.84 Å². The molecule has 26 heavy (non-hydrogen) atoms. The van der Waals surface area contributed by atoms with Crippen LogP contribution in [0.1, 0.15) is 28.8 Å². The highest BCUT2D eigenvalue weighted by molar-refractivity contribution is 7.89. The third kappa shape index (κ3) is 4.80. The topological polar surface area (TPSA) is 104 Å². The van der Waals surface area contributed by atoms with Crippen LogP contribution in [0.3, 0.4) is 0 Å². The van der Waals surface area contributed by atoms with E-state index in [1.807, 2.05) is 0 Å². The normalized spacial score (nSPS) is 15.6. The van der Waals surface area contributed by atoms with Crippen LogP contribution in [0.2, 0.25) is 0 Å². The Morgan fingerprint density at radius 2 is 1.92 bits per heavy atom. The number of rotatable bonds is 7. The largest absolute Gasteiger partial charge is 0.481 e. The lowest BCUT2D eigenvalue weighted by Gasteiger charge is -2.27. The van der Waals surface area contributed by atoms with Crippen LogP contribution in [0.5, 0.6) is 0 Å². The summed E-state index contributed by atoms with van der Waals surface area (Å²) in [6.45, 7) is 3.25. The van der Waals surface area contributed by atoms with Gasteiger partial charge in [-0.25, -0.2) is 8.42 Å². The number of carboxylic acid groups (broad SMARTS) is 1. The van der Waals surface area contributed by atoms with Crippen LogP contribution in [0, 0.1) is 6.92 Å². The van der Waals surface area contributed by atoms with Gasteiger partial charge in [-0.3, -0.25) is 9.59 Å². The van der Waals surface area contributed by atoms with Crippen LogP contribution in [-0.4, -0.2) is 74.5 Å². The van der Waals surface area contributed by atoms with Gasteiger partial charge in [0.1, 0.15) is 0 Å². The van der Waals surface area contributed by atoms with Crippen molar-refractivity contribution in [2.75, 3.05) is 39.9 Å². The number of nitrogens with zero attached hydrogens (tertiary/aromatic N) is 2. The number of morpholine rings is 1. The molecule has 0 saturated carbocycles. The van der Waals surface area contributed by atoms with Crippen molar-refractivity contribution >= 4 is 21.9 Å². The first-order chi connectivity index (χ1) is 12.2. The fraction of sp³-hybridized carbons (Fsp3) is 0.529. The van der Waals surface area contributed by atoms with Gasteiger partial charge in [0.05, 0.1) is 18.1 Å². The SMILES string of the molecule is Cc1ccc(C(=O)N(C)CCCC(=O)O)cc1S(=O)(=O)N1CCOCC1. The van der Waals surface area contributed by atoms with Crippen molar-refractivity contribution in [1.29, 1.82) is 0 Å². The smallest absolute Gasteiger partial charge is 0.303 e. The number of amides is 1. The predicted molar refractivity (Wildman–Crippen MR) is 94.6 cm³/mol. The van der Waals surface area contributed by atoms with E-state index in [2.05, 4.69) is 0 Å². The molecule has 1 aromatic carbocycles. The number of aliphatic carboxylic acids is 1. The molecule has 144 valence electrons. The average molecular weight is 384 g/mol. The Bertz CT molecular complexity index is 771. The van der Waals surface area contributed by atoms with E-state index >= 15 is 0 Å². The van der Waals surface area contributed by atoms with Gasteiger partial charge in [0.15, 0.2) is 0 Å². The van der Waals surface area contributed by atoms with Crippen LogP contribution in [0.15, 0.2) is 23.1 Å². The second-order valence-corrected chi connectivity index (χ2v) is 8.13. The molecule has 8 nitrogen and oxygen atoms in total. The summed E-state index contributed by atoms with van der Waals surface area (Å²) in [5, 5.41) is 8.68. The van der Waals surface area contributed by atoms with Crippen molar-refractivity contribution in [2.45, 2.75) is 24.7 Å². The number of carbonyl (C=O) groups is 2. The third-order valence-electron chi connectivity index (χ3n) is 4.25. The zero-order valence-electron chi connectivity index (χ0n) is 15.0. The van der Waals surface area contributed by atoms with Crippen molar-refractivity contribution in [3.63, 3.8) is 0 Å². The molecular formula is C17H24N2O6S. The second-order valence-electron chi connectivity index (χ2n) is 6.22. The van der Waals surface area contributed by atoms with E-state index in [1.54, 1.807) is 26.1 Å². The quantitative estimate of drug-likeness (QED) is 0.751. The van der Waals surface area contributed by atoms with Crippen molar-refractivity contribution in [1.82, 2.24) is 9.21 Å². The number of carboxylic acids is 1. The van der Waals surface area contributed by atoms with Gasteiger partial charge < -0.3 is 14.7 Å². The maximum absolute atomic E-state index is 12.9. The molecule has 0 atom stereocenters. The van der Waals surface area contributed by atoms with Gasteiger partial charge in [0.2, 0.25) is 10.0 Å². The van der Waals surface area contributed by atoms with Gasteiger partial charge >= 0.3 is 5.97 Å². The Labute approximate surface area is 153 Å². The first-order valence-electron chi connectivity index (χ1n) is 8.39. The van der Waals surface area contributed by atoms with Gasteiger partial charge in [-0.05, 0) is 31.0 Å². The molecule has 0 aliphatic carbocycles. The number of hydrogen-bond donors (Lipinski definition) is 1.